The van der Waals surface area contributed by atoms with Crippen LogP contribution in [0.2, 0.25) is 0 Å². The van der Waals surface area contributed by atoms with Crippen molar-refractivity contribution in [1.29, 1.82) is 0 Å². The summed E-state index contributed by atoms with van der Waals surface area (Å²) in [6, 6.07) is 16.9. The Kier molecular flexibility index (Phi) is 5.27. The minimum atomic E-state index is -0.849. The van der Waals surface area contributed by atoms with Crippen molar-refractivity contribution in [3.63, 3.8) is 0 Å². The maximum Gasteiger partial charge on any atom is 0.318 e. The molecule has 0 fully saturated rings. The van der Waals surface area contributed by atoms with E-state index in [-0.39, 0.29) is 12.6 Å². The number of benzene rings is 2. The topological polar surface area (TPSA) is 84.2 Å². The van der Waals surface area contributed by atoms with E-state index in [0.717, 1.165) is 11.1 Å². The van der Waals surface area contributed by atoms with Gasteiger partial charge in [0.2, 0.25) is 5.91 Å². The van der Waals surface area contributed by atoms with Crippen molar-refractivity contribution in [2.75, 3.05) is 6.54 Å². The number of nitrogens with two attached hydrogens (primary N) is 1. The van der Waals surface area contributed by atoms with Crippen LogP contribution in [0.1, 0.15) is 22.7 Å². The normalized spacial score (nSPS) is 11.7. The summed E-state index contributed by atoms with van der Waals surface area (Å²) in [5.41, 5.74) is 8.19. The number of hydrogen-bond donors (Lipinski definition) is 3. The lowest BCUT2D eigenvalue weighted by atomic mass is 9.98. The molecule has 0 aromatic heterocycles. The molecule has 0 aliphatic carbocycles. The van der Waals surface area contributed by atoms with Crippen LogP contribution in [0, 0.1) is 6.92 Å². The van der Waals surface area contributed by atoms with E-state index in [9.17, 15) is 9.59 Å². The summed E-state index contributed by atoms with van der Waals surface area (Å²) >= 11 is 0. The number of amides is 3. The molecule has 0 saturated heterocycles. The summed E-state index contributed by atoms with van der Waals surface area (Å²) in [5, 5.41) is 5.20. The van der Waals surface area contributed by atoms with E-state index in [1.165, 1.54) is 5.56 Å². The zero-order valence-corrected chi connectivity index (χ0v) is 12.4. The highest BCUT2D eigenvalue weighted by molar-refractivity contribution is 5.94. The SMILES string of the molecule is Cc1ccc(C(NCC(=O)NC(N)=O)c2ccccc2)cc1. The van der Waals surface area contributed by atoms with E-state index < -0.39 is 11.9 Å². The van der Waals surface area contributed by atoms with Crippen molar-refractivity contribution in [2.45, 2.75) is 13.0 Å². The lowest BCUT2D eigenvalue weighted by Crippen LogP contribution is -2.41. The molecule has 5 nitrogen and oxygen atoms in total. The molecule has 2 aromatic rings. The van der Waals surface area contributed by atoms with Crippen LogP contribution in [-0.4, -0.2) is 18.5 Å². The second kappa shape index (κ2) is 7.38. The molecule has 4 N–H and O–H groups in total. The van der Waals surface area contributed by atoms with Crippen LogP contribution in [0.4, 0.5) is 4.79 Å². The van der Waals surface area contributed by atoms with Crippen molar-refractivity contribution in [3.05, 3.63) is 71.3 Å². The third-order valence-corrected chi connectivity index (χ3v) is 3.27. The van der Waals surface area contributed by atoms with Crippen molar-refractivity contribution in [2.24, 2.45) is 5.73 Å². The zero-order valence-electron chi connectivity index (χ0n) is 12.4. The molecule has 0 spiro atoms. The monoisotopic (exact) mass is 297 g/mol. The fourth-order valence-electron chi connectivity index (χ4n) is 2.21. The van der Waals surface area contributed by atoms with E-state index >= 15 is 0 Å². The summed E-state index contributed by atoms with van der Waals surface area (Å²) in [5.74, 6) is -0.458. The van der Waals surface area contributed by atoms with Gasteiger partial charge in [-0.2, -0.15) is 0 Å². The van der Waals surface area contributed by atoms with Gasteiger partial charge >= 0.3 is 6.03 Å². The van der Waals surface area contributed by atoms with E-state index in [2.05, 4.69) is 5.32 Å². The average molecular weight is 297 g/mol. The van der Waals surface area contributed by atoms with Crippen molar-refractivity contribution >= 4 is 11.9 Å². The predicted molar refractivity (Wildman–Crippen MR) is 85.2 cm³/mol. The highest BCUT2D eigenvalue weighted by Gasteiger charge is 2.15. The molecule has 114 valence electrons. The lowest BCUT2D eigenvalue weighted by Gasteiger charge is -2.19. The number of hydrogen-bond acceptors (Lipinski definition) is 3. The van der Waals surface area contributed by atoms with Gasteiger partial charge in [0.1, 0.15) is 0 Å². The van der Waals surface area contributed by atoms with Gasteiger partial charge in [-0.05, 0) is 18.1 Å². The fourth-order valence-corrected chi connectivity index (χ4v) is 2.21. The van der Waals surface area contributed by atoms with Crippen LogP contribution in [0.25, 0.3) is 0 Å². The van der Waals surface area contributed by atoms with Crippen LogP contribution in [0.15, 0.2) is 54.6 Å². The summed E-state index contributed by atoms with van der Waals surface area (Å²) in [6.07, 6.45) is 0. The van der Waals surface area contributed by atoms with Crippen molar-refractivity contribution < 1.29 is 9.59 Å². The van der Waals surface area contributed by atoms with Gasteiger partial charge in [-0.25, -0.2) is 4.79 Å². The van der Waals surface area contributed by atoms with Crippen molar-refractivity contribution in [3.8, 4) is 0 Å². The molecule has 0 aliphatic rings. The van der Waals surface area contributed by atoms with Crippen LogP contribution in [0.3, 0.4) is 0 Å². The van der Waals surface area contributed by atoms with Crippen LogP contribution >= 0.6 is 0 Å². The molecular weight excluding hydrogens is 278 g/mol. The lowest BCUT2D eigenvalue weighted by molar-refractivity contribution is -0.119. The van der Waals surface area contributed by atoms with Gasteiger partial charge in [-0.3, -0.25) is 15.4 Å². The maximum atomic E-state index is 11.6. The first-order chi connectivity index (χ1) is 10.6. The fraction of sp³-hybridized carbons (Fsp3) is 0.176. The molecular formula is C17H19N3O2. The Labute approximate surface area is 129 Å². The maximum absolute atomic E-state index is 11.6. The predicted octanol–water partition coefficient (Wildman–Crippen LogP) is 1.87. The minimum Gasteiger partial charge on any atom is -0.351 e. The van der Waals surface area contributed by atoms with Gasteiger partial charge in [0.05, 0.1) is 12.6 Å². The molecule has 0 heterocycles. The van der Waals surface area contributed by atoms with Gasteiger partial charge in [-0.1, -0.05) is 60.2 Å². The van der Waals surface area contributed by atoms with E-state index in [4.69, 9.17) is 5.73 Å². The number of nitrogens with one attached hydrogen (secondary N) is 2. The highest BCUT2D eigenvalue weighted by atomic mass is 16.2. The first-order valence-corrected chi connectivity index (χ1v) is 7.00. The largest absolute Gasteiger partial charge is 0.351 e. The molecule has 1 atom stereocenters. The number of carbonyl (C=O) groups excluding carboxylic acids is 2. The Morgan fingerprint density at radius 2 is 1.59 bits per heavy atom. The van der Waals surface area contributed by atoms with E-state index in [1.807, 2.05) is 66.8 Å². The average Bonchev–Trinajstić information content (AvgIpc) is 2.49. The Balaban J connectivity index is 2.17. The molecule has 0 radical (unpaired) electrons. The molecule has 2 rings (SSSR count). The highest BCUT2D eigenvalue weighted by Crippen LogP contribution is 2.22. The number of urea groups is 1. The van der Waals surface area contributed by atoms with Crippen LogP contribution in [0.5, 0.6) is 0 Å². The standard InChI is InChI=1S/C17H19N3O2/c1-12-7-9-14(10-8-12)16(13-5-3-2-4-6-13)19-11-15(21)20-17(18)22/h2-10,16,19H,11H2,1H3,(H3,18,20,21,22). The smallest absolute Gasteiger partial charge is 0.318 e. The Morgan fingerprint density at radius 1 is 1.00 bits per heavy atom. The third kappa shape index (κ3) is 4.43. The summed E-state index contributed by atoms with van der Waals surface area (Å²) in [7, 11) is 0. The second-order valence-electron chi connectivity index (χ2n) is 5.05. The van der Waals surface area contributed by atoms with Gasteiger partial charge in [0.25, 0.3) is 0 Å². The molecule has 0 bridgehead atoms. The molecule has 0 saturated carbocycles. The Morgan fingerprint density at radius 3 is 2.18 bits per heavy atom. The van der Waals surface area contributed by atoms with E-state index in [0.29, 0.717) is 0 Å². The third-order valence-electron chi connectivity index (χ3n) is 3.27. The Hall–Kier alpha value is -2.66. The molecule has 5 heteroatoms. The molecule has 0 aliphatic heterocycles. The zero-order chi connectivity index (χ0) is 15.9. The van der Waals surface area contributed by atoms with E-state index in [1.54, 1.807) is 0 Å². The van der Waals surface area contributed by atoms with Gasteiger partial charge < -0.3 is 5.73 Å². The van der Waals surface area contributed by atoms with Gasteiger partial charge in [0, 0.05) is 0 Å². The number of carbonyl (C=O) groups is 2. The van der Waals surface area contributed by atoms with Crippen LogP contribution < -0.4 is 16.4 Å². The summed E-state index contributed by atoms with van der Waals surface area (Å²) in [6.45, 7) is 2.02. The molecule has 1 unspecified atom stereocenters. The first-order valence-electron chi connectivity index (χ1n) is 7.00. The number of primary amides is 1. The van der Waals surface area contributed by atoms with Crippen LogP contribution in [-0.2, 0) is 4.79 Å². The molecule has 2 aromatic carbocycles. The van der Waals surface area contributed by atoms with Gasteiger partial charge in [-0.15, -0.1) is 0 Å². The van der Waals surface area contributed by atoms with Crippen molar-refractivity contribution in [1.82, 2.24) is 10.6 Å². The quantitative estimate of drug-likeness (QED) is 0.787. The Bertz CT molecular complexity index is 639. The van der Waals surface area contributed by atoms with Gasteiger partial charge in [0.15, 0.2) is 0 Å². The molecule has 3 amide bonds. The number of imide groups is 1. The summed E-state index contributed by atoms with van der Waals surface area (Å²) < 4.78 is 0. The summed E-state index contributed by atoms with van der Waals surface area (Å²) in [4.78, 5) is 22.3. The minimum absolute atomic E-state index is 0.00359. The second-order valence-corrected chi connectivity index (χ2v) is 5.05. The number of rotatable bonds is 5. The number of aryl methyl sites for hydroxylation is 1. The first kappa shape index (κ1) is 15.7. The molecule has 22 heavy (non-hydrogen) atoms.